The van der Waals surface area contributed by atoms with Gasteiger partial charge in [0.05, 0.1) is 28.3 Å². The van der Waals surface area contributed by atoms with Gasteiger partial charge in [-0.3, -0.25) is 20.0 Å². The predicted octanol–water partition coefficient (Wildman–Crippen LogP) is 5.43. The minimum atomic E-state index is -0.366. The molecule has 10 heteroatoms. The Hall–Kier alpha value is -4.83. The lowest BCUT2D eigenvalue weighted by atomic mass is 10.1. The molecule has 1 saturated heterocycles. The number of aromatic nitrogens is 6. The maximum atomic E-state index is 14.7. The van der Waals surface area contributed by atoms with Crippen LogP contribution in [0.1, 0.15) is 12.8 Å². The highest BCUT2D eigenvalue weighted by molar-refractivity contribution is 5.99. The van der Waals surface area contributed by atoms with Gasteiger partial charge in [0.15, 0.2) is 0 Å². The Balaban J connectivity index is 1.23. The summed E-state index contributed by atoms with van der Waals surface area (Å²) in [4.78, 5) is 19.5. The van der Waals surface area contributed by atoms with Crippen molar-refractivity contribution in [3.05, 3.63) is 72.9 Å². The molecule has 1 fully saturated rings. The van der Waals surface area contributed by atoms with Crippen LogP contribution in [0.4, 0.5) is 10.1 Å². The number of likely N-dealkylation sites (tertiary alicyclic amines) is 1. The van der Waals surface area contributed by atoms with Crippen LogP contribution in [0, 0.1) is 5.82 Å². The van der Waals surface area contributed by atoms with Gasteiger partial charge in [0.25, 0.3) is 0 Å². The van der Waals surface area contributed by atoms with Crippen molar-refractivity contribution in [2.75, 3.05) is 32.0 Å². The van der Waals surface area contributed by atoms with Crippen LogP contribution in [0.3, 0.4) is 0 Å². The molecule has 0 unspecified atom stereocenters. The van der Waals surface area contributed by atoms with E-state index in [1.54, 1.807) is 18.6 Å². The highest BCUT2D eigenvalue weighted by Crippen LogP contribution is 2.34. The van der Waals surface area contributed by atoms with E-state index in [4.69, 9.17) is 15.5 Å². The van der Waals surface area contributed by atoms with E-state index in [-0.39, 0.29) is 5.82 Å². The maximum Gasteiger partial charge on any atom is 0.135 e. The molecule has 1 aliphatic heterocycles. The molecule has 40 heavy (non-hydrogen) atoms. The van der Waals surface area contributed by atoms with Crippen molar-refractivity contribution in [1.82, 2.24) is 35.0 Å². The van der Waals surface area contributed by atoms with Crippen molar-refractivity contribution in [2.24, 2.45) is 0 Å². The molecular formula is C30H27FN8O. The second kappa shape index (κ2) is 10.0. The monoisotopic (exact) mass is 534 g/mol. The summed E-state index contributed by atoms with van der Waals surface area (Å²) in [6.45, 7) is 3.55. The van der Waals surface area contributed by atoms with Gasteiger partial charge in [0.2, 0.25) is 0 Å². The zero-order valence-corrected chi connectivity index (χ0v) is 21.7. The molecule has 1 aliphatic rings. The van der Waals surface area contributed by atoms with E-state index >= 15 is 0 Å². The third kappa shape index (κ3) is 4.62. The Kier molecular flexibility index (Phi) is 6.09. The minimum absolute atomic E-state index is 0.366. The smallest absolute Gasteiger partial charge is 0.135 e. The molecule has 6 heterocycles. The number of H-pyrrole nitrogens is 2. The predicted molar refractivity (Wildman–Crippen MR) is 153 cm³/mol. The molecule has 0 saturated carbocycles. The van der Waals surface area contributed by atoms with Crippen molar-refractivity contribution < 1.29 is 9.13 Å². The van der Waals surface area contributed by atoms with Crippen LogP contribution in [0.2, 0.25) is 0 Å². The number of ether oxygens (including phenoxy) is 1. The van der Waals surface area contributed by atoms with Gasteiger partial charge in [-0.2, -0.15) is 5.10 Å². The second-order valence-electron chi connectivity index (χ2n) is 10.0. The third-order valence-corrected chi connectivity index (χ3v) is 7.29. The standard InChI is InChI=1S/C30H27FN8O/c31-20-11-18(13-22(14-20)40-10-9-39-7-1-2-8-39)28-23-15-27(35-25(23)5-6-34-28)30-29-26(37-38-30)4-3-24(36-29)19-12-21(32)17-33-16-19/h3-6,11-17,35H,1-2,7-10,32H2,(H,37,38). The number of nitrogens with two attached hydrogens (primary N) is 1. The number of benzene rings is 1. The Labute approximate surface area is 229 Å². The highest BCUT2D eigenvalue weighted by atomic mass is 19.1. The summed E-state index contributed by atoms with van der Waals surface area (Å²) in [5, 5.41) is 8.46. The SMILES string of the molecule is Nc1cncc(-c2ccc3[nH]nc(-c4cc5c(-c6cc(F)cc(OCCN7CCCC7)c6)nccc5[nH]4)c3n2)c1. The van der Waals surface area contributed by atoms with E-state index in [2.05, 4.69) is 30.0 Å². The number of hydrogen-bond acceptors (Lipinski definition) is 7. The molecular weight excluding hydrogens is 507 g/mol. The Morgan fingerprint density at radius 1 is 0.950 bits per heavy atom. The number of pyridine rings is 3. The molecule has 200 valence electrons. The Morgan fingerprint density at radius 3 is 2.73 bits per heavy atom. The fourth-order valence-corrected chi connectivity index (χ4v) is 5.34. The van der Waals surface area contributed by atoms with Crippen molar-refractivity contribution >= 4 is 27.6 Å². The van der Waals surface area contributed by atoms with Crippen molar-refractivity contribution in [3.8, 4) is 39.7 Å². The molecule has 9 nitrogen and oxygen atoms in total. The summed E-state index contributed by atoms with van der Waals surface area (Å²) in [6, 6.07) is 14.3. The van der Waals surface area contributed by atoms with E-state index in [1.165, 1.54) is 25.0 Å². The van der Waals surface area contributed by atoms with Crippen LogP contribution in [0.5, 0.6) is 5.75 Å². The molecule has 0 atom stereocenters. The number of nitrogen functional groups attached to an aromatic ring is 1. The zero-order valence-electron chi connectivity index (χ0n) is 21.7. The zero-order chi connectivity index (χ0) is 27.1. The lowest BCUT2D eigenvalue weighted by Gasteiger charge is -2.15. The number of halogens is 1. The van der Waals surface area contributed by atoms with E-state index in [9.17, 15) is 4.39 Å². The van der Waals surface area contributed by atoms with Crippen molar-refractivity contribution in [3.63, 3.8) is 0 Å². The molecule has 0 bridgehead atoms. The Morgan fingerprint density at radius 2 is 1.85 bits per heavy atom. The molecule has 0 radical (unpaired) electrons. The number of fused-ring (bicyclic) bond motifs is 2. The largest absolute Gasteiger partial charge is 0.492 e. The normalized spacial score (nSPS) is 13.9. The molecule has 0 aliphatic carbocycles. The molecule has 1 aromatic carbocycles. The van der Waals surface area contributed by atoms with Crippen LogP contribution in [-0.2, 0) is 0 Å². The number of rotatable bonds is 7. The summed E-state index contributed by atoms with van der Waals surface area (Å²) >= 11 is 0. The fourth-order valence-electron chi connectivity index (χ4n) is 5.34. The molecule has 4 N–H and O–H groups in total. The first-order chi connectivity index (χ1) is 19.6. The molecule has 0 amide bonds. The summed E-state index contributed by atoms with van der Waals surface area (Å²) < 4.78 is 20.6. The molecule has 7 rings (SSSR count). The lowest BCUT2D eigenvalue weighted by molar-refractivity contribution is 0.237. The molecule has 0 spiro atoms. The number of hydrogen-bond donors (Lipinski definition) is 3. The average Bonchev–Trinajstić information content (AvgIpc) is 3.72. The van der Waals surface area contributed by atoms with Crippen LogP contribution in [0.15, 0.2) is 67.1 Å². The van der Waals surface area contributed by atoms with Crippen LogP contribution < -0.4 is 10.5 Å². The van der Waals surface area contributed by atoms with Gasteiger partial charge in [-0.1, -0.05) is 0 Å². The first-order valence-corrected chi connectivity index (χ1v) is 13.3. The van der Waals surface area contributed by atoms with E-state index < -0.39 is 0 Å². The van der Waals surface area contributed by atoms with Gasteiger partial charge < -0.3 is 15.5 Å². The summed E-state index contributed by atoms with van der Waals surface area (Å²) in [5.74, 6) is 0.129. The van der Waals surface area contributed by atoms with Crippen LogP contribution in [-0.4, -0.2) is 61.3 Å². The van der Waals surface area contributed by atoms with Gasteiger partial charge in [0.1, 0.15) is 29.4 Å². The van der Waals surface area contributed by atoms with Gasteiger partial charge in [-0.15, -0.1) is 0 Å². The summed E-state index contributed by atoms with van der Waals surface area (Å²) in [6.07, 6.45) is 7.49. The topological polar surface area (TPSA) is 122 Å². The Bertz CT molecular complexity index is 1840. The van der Waals surface area contributed by atoms with E-state index in [0.29, 0.717) is 40.5 Å². The van der Waals surface area contributed by atoms with Crippen molar-refractivity contribution in [2.45, 2.75) is 12.8 Å². The summed E-state index contributed by atoms with van der Waals surface area (Å²) in [5.41, 5.74) is 13.2. The van der Waals surface area contributed by atoms with E-state index in [0.717, 1.165) is 53.0 Å². The first-order valence-electron chi connectivity index (χ1n) is 13.3. The molecule has 5 aromatic heterocycles. The fraction of sp³-hybridized carbons (Fsp3) is 0.200. The number of nitrogens with zero attached hydrogens (tertiary/aromatic N) is 5. The number of anilines is 1. The maximum absolute atomic E-state index is 14.7. The number of nitrogens with one attached hydrogen (secondary N) is 2. The van der Waals surface area contributed by atoms with Gasteiger partial charge in [0, 0.05) is 53.2 Å². The van der Waals surface area contributed by atoms with Crippen molar-refractivity contribution in [1.29, 1.82) is 0 Å². The quantitative estimate of drug-likeness (QED) is 0.250. The van der Waals surface area contributed by atoms with Gasteiger partial charge in [-0.05, 0) is 68.4 Å². The second-order valence-corrected chi connectivity index (χ2v) is 10.0. The highest BCUT2D eigenvalue weighted by Gasteiger charge is 2.17. The van der Waals surface area contributed by atoms with Gasteiger partial charge in [-0.25, -0.2) is 9.37 Å². The minimum Gasteiger partial charge on any atom is -0.492 e. The summed E-state index contributed by atoms with van der Waals surface area (Å²) in [7, 11) is 0. The molecule has 6 aromatic rings. The van der Waals surface area contributed by atoms with Crippen LogP contribution >= 0.6 is 0 Å². The third-order valence-electron chi connectivity index (χ3n) is 7.29. The average molecular weight is 535 g/mol. The van der Waals surface area contributed by atoms with E-state index in [1.807, 2.05) is 36.4 Å². The number of aromatic amines is 2. The lowest BCUT2D eigenvalue weighted by Crippen LogP contribution is -2.25. The van der Waals surface area contributed by atoms with Gasteiger partial charge >= 0.3 is 0 Å². The first kappa shape index (κ1) is 24.2. The van der Waals surface area contributed by atoms with Crippen LogP contribution in [0.25, 0.3) is 55.8 Å².